The normalized spacial score (nSPS) is 17.2. The molecule has 0 saturated heterocycles. The number of anilines is 4. The Kier molecular flexibility index (Phi) is 7.89. The largest absolute Gasteiger partial charge is 0.399 e. The number of benzene rings is 2. The van der Waals surface area contributed by atoms with Crippen molar-refractivity contribution in [1.29, 1.82) is 0 Å². The molecule has 5 rings (SSSR count). The first-order chi connectivity index (χ1) is 18.4. The topological polar surface area (TPSA) is 162 Å². The van der Waals surface area contributed by atoms with Gasteiger partial charge in [-0.25, -0.2) is 0 Å². The van der Waals surface area contributed by atoms with Crippen molar-refractivity contribution in [3.05, 3.63) is 69.7 Å². The van der Waals surface area contributed by atoms with E-state index in [2.05, 4.69) is 31.0 Å². The third kappa shape index (κ3) is 6.69. The smallest absolute Gasteiger partial charge is 0.230 e. The van der Waals surface area contributed by atoms with Crippen LogP contribution in [0, 0.1) is 0 Å². The number of nitrogen functional groups attached to an aromatic ring is 2. The van der Waals surface area contributed by atoms with Crippen LogP contribution in [0.15, 0.2) is 48.5 Å². The molecule has 2 aromatic carbocycles. The Morgan fingerprint density at radius 1 is 0.763 bits per heavy atom. The Hall–Kier alpha value is -3.90. The summed E-state index contributed by atoms with van der Waals surface area (Å²) in [5, 5.41) is 25.6. The van der Waals surface area contributed by atoms with Gasteiger partial charge in [-0.15, -0.1) is 20.4 Å². The number of hydrogen-bond donors (Lipinski definition) is 4. The van der Waals surface area contributed by atoms with Crippen molar-refractivity contribution < 1.29 is 9.59 Å². The molecule has 38 heavy (non-hydrogen) atoms. The van der Waals surface area contributed by atoms with E-state index in [9.17, 15) is 9.59 Å². The first-order valence-corrected chi connectivity index (χ1v) is 14.0. The number of nitrogens with one attached hydrogen (secondary N) is 2. The number of carbonyl (C=O) groups excluding carboxylic acids is 2. The molecule has 1 aliphatic rings. The maximum Gasteiger partial charge on any atom is 0.230 e. The van der Waals surface area contributed by atoms with E-state index in [0.717, 1.165) is 46.8 Å². The molecular weight excluding hydrogens is 520 g/mol. The van der Waals surface area contributed by atoms with Crippen LogP contribution in [0.4, 0.5) is 21.6 Å². The molecule has 1 saturated carbocycles. The Morgan fingerprint density at radius 2 is 1.24 bits per heavy atom. The van der Waals surface area contributed by atoms with E-state index >= 15 is 0 Å². The average molecular weight is 549 g/mol. The Bertz CT molecular complexity index is 1330. The molecule has 0 spiro atoms. The van der Waals surface area contributed by atoms with Crippen LogP contribution in [0.25, 0.3) is 0 Å². The molecule has 2 aromatic heterocycles. The molecule has 1 aliphatic carbocycles. The summed E-state index contributed by atoms with van der Waals surface area (Å²) in [6, 6.07) is 14.6. The van der Waals surface area contributed by atoms with Gasteiger partial charge in [-0.05, 0) is 54.7 Å². The summed E-state index contributed by atoms with van der Waals surface area (Å²) in [5.74, 6) is 0.158. The number of hydrogen-bond acceptors (Lipinski definition) is 10. The maximum atomic E-state index is 12.4. The third-order valence-electron chi connectivity index (χ3n) is 6.38. The highest BCUT2D eigenvalue weighted by Gasteiger charge is 2.29. The molecule has 2 amide bonds. The van der Waals surface area contributed by atoms with Crippen LogP contribution < -0.4 is 22.1 Å². The zero-order valence-electron chi connectivity index (χ0n) is 20.6. The van der Waals surface area contributed by atoms with Gasteiger partial charge in [0.25, 0.3) is 0 Å². The highest BCUT2D eigenvalue weighted by molar-refractivity contribution is 7.15. The minimum Gasteiger partial charge on any atom is -0.399 e. The quantitative estimate of drug-likeness (QED) is 0.236. The number of nitrogens with zero attached hydrogens (tertiary/aromatic N) is 4. The number of rotatable bonds is 8. The lowest BCUT2D eigenvalue weighted by Crippen LogP contribution is -2.14. The standard InChI is InChI=1S/C26H28N8O2S2/c27-19-8-1-4-15(10-19)12-21(35)29-25-33-31-23(37-25)17-6-3-7-18(14-17)24-32-34-26(38-24)30-22(36)13-16-5-2-9-20(28)11-16/h1-2,4-5,8-11,17-18H,3,6-7,12-14,27-28H2,(H,29,33,35)(H,30,34,36)/t17-,18-/m0/s1. The predicted molar refractivity (Wildman–Crippen MR) is 150 cm³/mol. The number of nitrogens with two attached hydrogens (primary N) is 2. The predicted octanol–water partition coefficient (Wildman–Crippen LogP) is 4.36. The van der Waals surface area contributed by atoms with Gasteiger partial charge in [0.15, 0.2) is 0 Å². The van der Waals surface area contributed by atoms with Crippen LogP contribution in [0.2, 0.25) is 0 Å². The van der Waals surface area contributed by atoms with Crippen LogP contribution in [0.5, 0.6) is 0 Å². The van der Waals surface area contributed by atoms with Crippen molar-refractivity contribution in [1.82, 2.24) is 20.4 Å². The van der Waals surface area contributed by atoms with Crippen LogP contribution in [0.1, 0.15) is 58.7 Å². The maximum absolute atomic E-state index is 12.4. The minimum atomic E-state index is -0.154. The van der Waals surface area contributed by atoms with Crippen molar-refractivity contribution in [2.45, 2.75) is 50.4 Å². The van der Waals surface area contributed by atoms with Gasteiger partial charge in [-0.1, -0.05) is 53.4 Å². The van der Waals surface area contributed by atoms with Crippen molar-refractivity contribution in [3.63, 3.8) is 0 Å². The summed E-state index contributed by atoms with van der Waals surface area (Å²) in [4.78, 5) is 24.9. The van der Waals surface area contributed by atoms with E-state index in [0.29, 0.717) is 21.6 Å². The number of amides is 2. The molecule has 196 valence electrons. The first-order valence-electron chi connectivity index (χ1n) is 12.4. The van der Waals surface area contributed by atoms with Gasteiger partial charge in [0.2, 0.25) is 22.1 Å². The fourth-order valence-electron chi connectivity index (χ4n) is 4.64. The van der Waals surface area contributed by atoms with Crippen molar-refractivity contribution in [3.8, 4) is 0 Å². The van der Waals surface area contributed by atoms with Crippen molar-refractivity contribution >= 4 is 56.1 Å². The fraction of sp³-hybridized carbons (Fsp3) is 0.308. The molecular formula is C26H28N8O2S2. The molecule has 4 aromatic rings. The zero-order valence-corrected chi connectivity index (χ0v) is 22.2. The Labute approximate surface area is 227 Å². The lowest BCUT2D eigenvalue weighted by atomic mass is 9.82. The van der Waals surface area contributed by atoms with E-state index in [1.807, 2.05) is 24.3 Å². The third-order valence-corrected chi connectivity index (χ3v) is 8.38. The molecule has 12 heteroatoms. The van der Waals surface area contributed by atoms with Crippen molar-refractivity contribution in [2.24, 2.45) is 0 Å². The molecule has 6 N–H and O–H groups in total. The molecule has 0 aliphatic heterocycles. The van der Waals surface area contributed by atoms with Gasteiger partial charge >= 0.3 is 0 Å². The molecule has 0 unspecified atom stereocenters. The van der Waals surface area contributed by atoms with Gasteiger partial charge in [0.1, 0.15) is 10.0 Å². The van der Waals surface area contributed by atoms with E-state index in [-0.39, 0.29) is 36.5 Å². The van der Waals surface area contributed by atoms with Crippen LogP contribution in [0.3, 0.4) is 0 Å². The lowest BCUT2D eigenvalue weighted by molar-refractivity contribution is -0.116. The molecule has 1 fully saturated rings. The van der Waals surface area contributed by atoms with Crippen LogP contribution in [-0.2, 0) is 22.4 Å². The number of carbonyl (C=O) groups is 2. The highest BCUT2D eigenvalue weighted by Crippen LogP contribution is 2.43. The fourth-order valence-corrected chi connectivity index (χ4v) is 6.46. The monoisotopic (exact) mass is 548 g/mol. The number of aromatic nitrogens is 4. The van der Waals surface area contributed by atoms with Gasteiger partial charge < -0.3 is 22.1 Å². The molecule has 10 nitrogen and oxygen atoms in total. The summed E-state index contributed by atoms with van der Waals surface area (Å²) in [6.45, 7) is 0. The Morgan fingerprint density at radius 3 is 1.68 bits per heavy atom. The zero-order chi connectivity index (χ0) is 26.5. The molecule has 2 heterocycles. The second-order valence-corrected chi connectivity index (χ2v) is 11.4. The SMILES string of the molecule is Nc1cccc(CC(=O)Nc2nnc([C@H]3CCC[C@H](c4nnc(NC(=O)Cc5cccc(N)c5)s4)C3)s2)c1. The van der Waals surface area contributed by atoms with Crippen LogP contribution >= 0.6 is 22.7 Å². The summed E-state index contributed by atoms with van der Waals surface area (Å²) >= 11 is 2.83. The molecule has 2 atom stereocenters. The lowest BCUT2D eigenvalue weighted by Gasteiger charge is -2.25. The minimum absolute atomic E-state index is 0.154. The summed E-state index contributed by atoms with van der Waals surface area (Å²) in [7, 11) is 0. The first kappa shape index (κ1) is 25.7. The van der Waals surface area contributed by atoms with E-state index in [1.165, 1.54) is 22.7 Å². The van der Waals surface area contributed by atoms with Gasteiger partial charge in [0.05, 0.1) is 12.8 Å². The Balaban J connectivity index is 1.15. The summed E-state index contributed by atoms with van der Waals surface area (Å²) < 4.78 is 0. The second kappa shape index (κ2) is 11.7. The summed E-state index contributed by atoms with van der Waals surface area (Å²) in [6.07, 6.45) is 4.36. The highest BCUT2D eigenvalue weighted by atomic mass is 32.1. The van der Waals surface area contributed by atoms with Gasteiger partial charge in [-0.2, -0.15) is 0 Å². The molecule has 0 bridgehead atoms. The van der Waals surface area contributed by atoms with E-state index in [4.69, 9.17) is 11.5 Å². The second-order valence-electron chi connectivity index (χ2n) is 9.39. The van der Waals surface area contributed by atoms with Gasteiger partial charge in [-0.3, -0.25) is 9.59 Å². The van der Waals surface area contributed by atoms with Gasteiger partial charge in [0, 0.05) is 23.2 Å². The van der Waals surface area contributed by atoms with Crippen molar-refractivity contribution in [2.75, 3.05) is 22.1 Å². The van der Waals surface area contributed by atoms with E-state index in [1.54, 1.807) is 24.3 Å². The molecule has 0 radical (unpaired) electrons. The average Bonchev–Trinajstić information content (AvgIpc) is 3.54. The van der Waals surface area contributed by atoms with E-state index < -0.39 is 0 Å². The summed E-state index contributed by atoms with van der Waals surface area (Å²) in [5.41, 5.74) is 14.5. The van der Waals surface area contributed by atoms with Crippen LogP contribution in [-0.4, -0.2) is 32.2 Å².